The monoisotopic (exact) mass is 332 g/mol. The lowest BCUT2D eigenvalue weighted by Gasteiger charge is -2.32. The fourth-order valence-corrected chi connectivity index (χ4v) is 2.70. The summed E-state index contributed by atoms with van der Waals surface area (Å²) < 4.78 is 10.1. The third-order valence-corrected chi connectivity index (χ3v) is 4.05. The summed E-state index contributed by atoms with van der Waals surface area (Å²) >= 11 is 0. The van der Waals surface area contributed by atoms with Crippen LogP contribution in [0.2, 0.25) is 0 Å². The molecule has 0 spiro atoms. The lowest BCUT2D eigenvalue weighted by atomic mass is 10.1. The molecule has 8 nitrogen and oxygen atoms in total. The van der Waals surface area contributed by atoms with Gasteiger partial charge in [-0.05, 0) is 32.8 Å². The summed E-state index contributed by atoms with van der Waals surface area (Å²) in [6, 6.07) is 3.24. The van der Waals surface area contributed by atoms with Crippen LogP contribution in [0, 0.1) is 13.8 Å². The second kappa shape index (κ2) is 6.77. The summed E-state index contributed by atoms with van der Waals surface area (Å²) in [6.07, 6.45) is 2.89. The third kappa shape index (κ3) is 3.58. The van der Waals surface area contributed by atoms with Crippen LogP contribution in [0.3, 0.4) is 0 Å². The van der Waals surface area contributed by atoms with E-state index in [4.69, 9.17) is 8.94 Å². The van der Waals surface area contributed by atoms with Gasteiger partial charge in [-0.15, -0.1) is 0 Å². The van der Waals surface area contributed by atoms with Gasteiger partial charge in [0.05, 0.1) is 6.26 Å². The van der Waals surface area contributed by atoms with Crippen molar-refractivity contribution in [2.45, 2.75) is 32.7 Å². The van der Waals surface area contributed by atoms with Crippen molar-refractivity contribution in [2.75, 3.05) is 18.4 Å². The molecule has 0 bridgehead atoms. The minimum Gasteiger partial charge on any atom is -0.459 e. The standard InChI is InChI=1S/C16H20N4O4/c1-10-5-8-23-14(10)15(21)17-12-3-6-20(7-4-12)16(22)18-13-9-11(2)24-19-13/h5,8-9,12H,3-4,6-7H2,1-2H3,(H,17,21)(H,18,19,22). The van der Waals surface area contributed by atoms with Gasteiger partial charge in [0, 0.05) is 30.8 Å². The van der Waals surface area contributed by atoms with E-state index >= 15 is 0 Å². The average Bonchev–Trinajstić information content (AvgIpc) is 3.16. The highest BCUT2D eigenvalue weighted by molar-refractivity contribution is 5.93. The molecule has 3 rings (SSSR count). The van der Waals surface area contributed by atoms with Gasteiger partial charge in [-0.25, -0.2) is 4.79 Å². The Balaban J connectivity index is 1.48. The molecule has 0 aliphatic carbocycles. The van der Waals surface area contributed by atoms with Gasteiger partial charge >= 0.3 is 6.03 Å². The smallest absolute Gasteiger partial charge is 0.323 e. The molecule has 0 saturated carbocycles. The number of aryl methyl sites for hydroxylation is 2. The van der Waals surface area contributed by atoms with Crippen LogP contribution in [0.5, 0.6) is 0 Å². The van der Waals surface area contributed by atoms with Crippen molar-refractivity contribution in [2.24, 2.45) is 0 Å². The number of nitrogens with zero attached hydrogens (tertiary/aromatic N) is 2. The van der Waals surface area contributed by atoms with Crippen LogP contribution in [0.25, 0.3) is 0 Å². The molecule has 1 saturated heterocycles. The highest BCUT2D eigenvalue weighted by atomic mass is 16.5. The Morgan fingerprint density at radius 1 is 1.29 bits per heavy atom. The molecule has 0 radical (unpaired) electrons. The Hall–Kier alpha value is -2.77. The number of rotatable bonds is 3. The Kier molecular flexibility index (Phi) is 4.54. The molecule has 0 aromatic carbocycles. The molecule has 8 heteroatoms. The normalized spacial score (nSPS) is 15.3. The lowest BCUT2D eigenvalue weighted by Crippen LogP contribution is -2.47. The van der Waals surface area contributed by atoms with Crippen LogP contribution < -0.4 is 10.6 Å². The van der Waals surface area contributed by atoms with Gasteiger partial charge in [-0.3, -0.25) is 10.1 Å². The van der Waals surface area contributed by atoms with Crippen molar-refractivity contribution >= 4 is 17.8 Å². The molecule has 24 heavy (non-hydrogen) atoms. The van der Waals surface area contributed by atoms with Crippen molar-refractivity contribution in [1.82, 2.24) is 15.4 Å². The number of furan rings is 1. The van der Waals surface area contributed by atoms with E-state index in [2.05, 4.69) is 15.8 Å². The van der Waals surface area contributed by atoms with E-state index in [0.717, 1.165) is 5.56 Å². The highest BCUT2D eigenvalue weighted by Gasteiger charge is 2.25. The molecular formula is C16H20N4O4. The van der Waals surface area contributed by atoms with E-state index in [9.17, 15) is 9.59 Å². The number of carbonyl (C=O) groups is 2. The quantitative estimate of drug-likeness (QED) is 0.898. The summed E-state index contributed by atoms with van der Waals surface area (Å²) in [5.74, 6) is 1.18. The molecule has 0 unspecified atom stereocenters. The first-order chi connectivity index (χ1) is 11.5. The van der Waals surface area contributed by atoms with Crippen molar-refractivity contribution in [3.05, 3.63) is 35.5 Å². The zero-order valence-corrected chi connectivity index (χ0v) is 13.7. The Labute approximate surface area is 139 Å². The molecule has 2 N–H and O–H groups in total. The minimum absolute atomic E-state index is 0.0281. The van der Waals surface area contributed by atoms with E-state index < -0.39 is 0 Å². The second-order valence-electron chi connectivity index (χ2n) is 5.92. The van der Waals surface area contributed by atoms with Gasteiger partial charge in [0.15, 0.2) is 11.6 Å². The fourth-order valence-electron chi connectivity index (χ4n) is 2.70. The van der Waals surface area contributed by atoms with Crippen molar-refractivity contribution in [1.29, 1.82) is 0 Å². The molecule has 128 valence electrons. The number of hydrogen-bond acceptors (Lipinski definition) is 5. The Morgan fingerprint density at radius 2 is 2.04 bits per heavy atom. The fraction of sp³-hybridized carbons (Fsp3) is 0.438. The number of carbonyl (C=O) groups excluding carboxylic acids is 2. The van der Waals surface area contributed by atoms with Gasteiger partial charge in [-0.2, -0.15) is 0 Å². The lowest BCUT2D eigenvalue weighted by molar-refractivity contribution is 0.0890. The molecule has 1 aliphatic rings. The topological polar surface area (TPSA) is 101 Å². The van der Waals surface area contributed by atoms with Gasteiger partial charge in [0.1, 0.15) is 5.76 Å². The van der Waals surface area contributed by atoms with Gasteiger partial charge in [-0.1, -0.05) is 5.16 Å². The van der Waals surface area contributed by atoms with Crippen molar-refractivity contribution < 1.29 is 18.5 Å². The number of urea groups is 1. The maximum absolute atomic E-state index is 12.2. The van der Waals surface area contributed by atoms with Gasteiger partial charge < -0.3 is 19.2 Å². The summed E-state index contributed by atoms with van der Waals surface area (Å²) in [5, 5.41) is 9.39. The van der Waals surface area contributed by atoms with Crippen LogP contribution in [0.1, 0.15) is 34.7 Å². The zero-order valence-electron chi connectivity index (χ0n) is 13.7. The zero-order chi connectivity index (χ0) is 17.1. The molecule has 2 aromatic rings. The first-order valence-corrected chi connectivity index (χ1v) is 7.87. The Bertz CT molecular complexity index is 728. The first kappa shape index (κ1) is 16.1. The first-order valence-electron chi connectivity index (χ1n) is 7.87. The number of aromatic nitrogens is 1. The Morgan fingerprint density at radius 3 is 2.62 bits per heavy atom. The molecule has 1 aliphatic heterocycles. The van der Waals surface area contributed by atoms with Crippen LogP contribution in [0.4, 0.5) is 10.6 Å². The molecule has 2 aromatic heterocycles. The predicted octanol–water partition coefficient (Wildman–Crippen LogP) is 2.31. The number of hydrogen-bond donors (Lipinski definition) is 2. The number of amides is 3. The minimum atomic E-state index is -0.213. The van der Waals surface area contributed by atoms with Crippen molar-refractivity contribution in [3.8, 4) is 0 Å². The molecular weight excluding hydrogens is 312 g/mol. The third-order valence-electron chi connectivity index (χ3n) is 4.05. The highest BCUT2D eigenvalue weighted by Crippen LogP contribution is 2.15. The second-order valence-corrected chi connectivity index (χ2v) is 5.92. The maximum Gasteiger partial charge on any atom is 0.323 e. The number of piperidine rings is 1. The van der Waals surface area contributed by atoms with E-state index in [1.54, 1.807) is 24.0 Å². The van der Waals surface area contributed by atoms with Crippen LogP contribution >= 0.6 is 0 Å². The average molecular weight is 332 g/mol. The van der Waals surface area contributed by atoms with Crippen molar-refractivity contribution in [3.63, 3.8) is 0 Å². The van der Waals surface area contributed by atoms with E-state index in [1.807, 2.05) is 6.92 Å². The van der Waals surface area contributed by atoms with Crippen LogP contribution in [0.15, 0.2) is 27.3 Å². The SMILES string of the molecule is Cc1cc(NC(=O)N2CCC(NC(=O)c3occc3C)CC2)no1. The largest absolute Gasteiger partial charge is 0.459 e. The summed E-state index contributed by atoms with van der Waals surface area (Å²) in [7, 11) is 0. The van der Waals surface area contributed by atoms with E-state index in [1.165, 1.54) is 6.26 Å². The number of anilines is 1. The maximum atomic E-state index is 12.2. The number of likely N-dealkylation sites (tertiary alicyclic amines) is 1. The van der Waals surface area contributed by atoms with E-state index in [0.29, 0.717) is 43.3 Å². The molecule has 0 atom stereocenters. The van der Waals surface area contributed by atoms with Gasteiger partial charge in [0.2, 0.25) is 0 Å². The van der Waals surface area contributed by atoms with Crippen LogP contribution in [-0.2, 0) is 0 Å². The predicted molar refractivity (Wildman–Crippen MR) is 85.8 cm³/mol. The number of nitrogens with one attached hydrogen (secondary N) is 2. The summed E-state index contributed by atoms with van der Waals surface area (Å²) in [5.41, 5.74) is 0.812. The van der Waals surface area contributed by atoms with Crippen LogP contribution in [-0.4, -0.2) is 41.1 Å². The summed E-state index contributed by atoms with van der Waals surface area (Å²) in [6.45, 7) is 4.71. The molecule has 3 amide bonds. The molecule has 1 fully saturated rings. The summed E-state index contributed by atoms with van der Waals surface area (Å²) in [4.78, 5) is 26.0. The molecule has 3 heterocycles. The van der Waals surface area contributed by atoms with E-state index in [-0.39, 0.29) is 18.0 Å². The van der Waals surface area contributed by atoms with Gasteiger partial charge in [0.25, 0.3) is 5.91 Å².